The summed E-state index contributed by atoms with van der Waals surface area (Å²) in [5.41, 5.74) is 0. The van der Waals surface area contributed by atoms with Crippen LogP contribution in [-0.4, -0.2) is 50.3 Å². The van der Waals surface area contributed by atoms with Gasteiger partial charge in [-0.05, 0) is 39.3 Å². The van der Waals surface area contributed by atoms with Crippen LogP contribution in [0, 0.1) is 0 Å². The molecule has 0 amide bonds. The van der Waals surface area contributed by atoms with Crippen LogP contribution in [0.4, 0.5) is 0 Å². The van der Waals surface area contributed by atoms with Gasteiger partial charge in [-0.25, -0.2) is 0 Å². The third-order valence-corrected chi connectivity index (χ3v) is 3.26. The maximum Gasteiger partial charge on any atom is 0.0619 e. The molecule has 2 heterocycles. The molecule has 82 valence electrons. The SMILES string of the molecule is CN1CCCC(NC2CCCOC2)C1. The van der Waals surface area contributed by atoms with Crippen LogP contribution in [-0.2, 0) is 4.74 Å². The zero-order valence-corrected chi connectivity index (χ0v) is 9.17. The summed E-state index contributed by atoms with van der Waals surface area (Å²) >= 11 is 0. The Kier molecular flexibility index (Phi) is 3.79. The van der Waals surface area contributed by atoms with Crippen LogP contribution < -0.4 is 5.32 Å². The zero-order valence-electron chi connectivity index (χ0n) is 9.17. The quantitative estimate of drug-likeness (QED) is 0.712. The van der Waals surface area contributed by atoms with E-state index in [1.807, 2.05) is 0 Å². The molecule has 0 radical (unpaired) electrons. The number of likely N-dealkylation sites (N-methyl/N-ethyl adjacent to an activating group) is 1. The molecule has 3 nitrogen and oxygen atoms in total. The summed E-state index contributed by atoms with van der Waals surface area (Å²) in [6.07, 6.45) is 5.18. The van der Waals surface area contributed by atoms with Gasteiger partial charge >= 0.3 is 0 Å². The van der Waals surface area contributed by atoms with Gasteiger partial charge in [0.15, 0.2) is 0 Å². The van der Waals surface area contributed by atoms with E-state index >= 15 is 0 Å². The molecule has 0 saturated carbocycles. The Labute approximate surface area is 86.8 Å². The number of nitrogens with zero attached hydrogens (tertiary/aromatic N) is 1. The lowest BCUT2D eigenvalue weighted by atomic mass is 10.0. The van der Waals surface area contributed by atoms with Crippen molar-refractivity contribution in [1.29, 1.82) is 0 Å². The van der Waals surface area contributed by atoms with Crippen molar-refractivity contribution >= 4 is 0 Å². The van der Waals surface area contributed by atoms with Gasteiger partial charge in [-0.3, -0.25) is 0 Å². The molecule has 2 aliphatic heterocycles. The van der Waals surface area contributed by atoms with Gasteiger partial charge in [-0.1, -0.05) is 0 Å². The van der Waals surface area contributed by atoms with E-state index in [0.717, 1.165) is 13.2 Å². The van der Waals surface area contributed by atoms with Gasteiger partial charge in [-0.2, -0.15) is 0 Å². The average molecular weight is 198 g/mol. The molecule has 0 bridgehead atoms. The molecular weight excluding hydrogens is 176 g/mol. The number of likely N-dealkylation sites (tertiary alicyclic amines) is 1. The van der Waals surface area contributed by atoms with Crippen molar-refractivity contribution in [3.05, 3.63) is 0 Å². The van der Waals surface area contributed by atoms with Gasteiger partial charge in [-0.15, -0.1) is 0 Å². The van der Waals surface area contributed by atoms with Gasteiger partial charge in [0.05, 0.1) is 6.61 Å². The lowest BCUT2D eigenvalue weighted by Crippen LogP contribution is -2.50. The van der Waals surface area contributed by atoms with Crippen molar-refractivity contribution in [3.8, 4) is 0 Å². The fourth-order valence-corrected chi connectivity index (χ4v) is 2.51. The lowest BCUT2D eigenvalue weighted by Gasteiger charge is -2.34. The summed E-state index contributed by atoms with van der Waals surface area (Å²) in [5.74, 6) is 0. The van der Waals surface area contributed by atoms with E-state index in [1.165, 1.54) is 38.8 Å². The molecule has 0 spiro atoms. The van der Waals surface area contributed by atoms with E-state index in [2.05, 4.69) is 17.3 Å². The van der Waals surface area contributed by atoms with Gasteiger partial charge in [0.25, 0.3) is 0 Å². The predicted octanol–water partition coefficient (Wildman–Crippen LogP) is 0.849. The minimum absolute atomic E-state index is 0.611. The average Bonchev–Trinajstić information content (AvgIpc) is 2.19. The van der Waals surface area contributed by atoms with E-state index in [0.29, 0.717) is 12.1 Å². The van der Waals surface area contributed by atoms with E-state index < -0.39 is 0 Å². The standard InChI is InChI=1S/C11H22N2O/c1-13-6-2-4-10(8-13)12-11-5-3-7-14-9-11/h10-12H,2-9H2,1H3. The van der Waals surface area contributed by atoms with E-state index in [4.69, 9.17) is 4.74 Å². The van der Waals surface area contributed by atoms with E-state index in [1.54, 1.807) is 0 Å². The number of hydrogen-bond acceptors (Lipinski definition) is 3. The van der Waals surface area contributed by atoms with E-state index in [9.17, 15) is 0 Å². The predicted molar refractivity (Wildman–Crippen MR) is 57.5 cm³/mol. The smallest absolute Gasteiger partial charge is 0.0619 e. The molecule has 2 atom stereocenters. The van der Waals surface area contributed by atoms with Crippen molar-refractivity contribution in [1.82, 2.24) is 10.2 Å². The van der Waals surface area contributed by atoms with Crippen LogP contribution in [0.5, 0.6) is 0 Å². The normalized spacial score (nSPS) is 35.8. The number of piperidine rings is 1. The Balaban J connectivity index is 1.72. The van der Waals surface area contributed by atoms with Gasteiger partial charge < -0.3 is 15.0 Å². The Morgan fingerprint density at radius 1 is 1.21 bits per heavy atom. The highest BCUT2D eigenvalue weighted by molar-refractivity contribution is 4.81. The maximum absolute atomic E-state index is 5.47. The first-order chi connectivity index (χ1) is 6.84. The highest BCUT2D eigenvalue weighted by Crippen LogP contribution is 2.12. The highest BCUT2D eigenvalue weighted by Gasteiger charge is 2.21. The van der Waals surface area contributed by atoms with Crippen molar-refractivity contribution < 1.29 is 4.74 Å². The fraction of sp³-hybridized carbons (Fsp3) is 1.00. The van der Waals surface area contributed by atoms with Gasteiger partial charge in [0.2, 0.25) is 0 Å². The van der Waals surface area contributed by atoms with Crippen molar-refractivity contribution in [2.75, 3.05) is 33.4 Å². The van der Waals surface area contributed by atoms with Crippen LogP contribution in [0.2, 0.25) is 0 Å². The first-order valence-corrected chi connectivity index (χ1v) is 5.87. The topological polar surface area (TPSA) is 24.5 Å². The Hall–Kier alpha value is -0.120. The molecule has 2 unspecified atom stereocenters. The third-order valence-electron chi connectivity index (χ3n) is 3.26. The van der Waals surface area contributed by atoms with Crippen LogP contribution >= 0.6 is 0 Å². The summed E-state index contributed by atoms with van der Waals surface area (Å²) in [6, 6.07) is 1.31. The molecule has 2 aliphatic rings. The van der Waals surface area contributed by atoms with Crippen LogP contribution in [0.1, 0.15) is 25.7 Å². The van der Waals surface area contributed by atoms with E-state index in [-0.39, 0.29) is 0 Å². The maximum atomic E-state index is 5.47. The number of ether oxygens (including phenoxy) is 1. The molecule has 2 rings (SSSR count). The molecule has 0 aromatic rings. The number of rotatable bonds is 2. The minimum Gasteiger partial charge on any atom is -0.380 e. The molecule has 0 aliphatic carbocycles. The molecule has 0 aromatic heterocycles. The Morgan fingerprint density at radius 2 is 2.07 bits per heavy atom. The summed E-state index contributed by atoms with van der Waals surface area (Å²) in [6.45, 7) is 4.35. The fourth-order valence-electron chi connectivity index (χ4n) is 2.51. The Morgan fingerprint density at radius 3 is 2.79 bits per heavy atom. The summed E-state index contributed by atoms with van der Waals surface area (Å²) in [5, 5.41) is 3.72. The van der Waals surface area contributed by atoms with Crippen molar-refractivity contribution in [2.45, 2.75) is 37.8 Å². The number of nitrogens with one attached hydrogen (secondary N) is 1. The molecule has 0 aromatic carbocycles. The monoisotopic (exact) mass is 198 g/mol. The van der Waals surface area contributed by atoms with Crippen molar-refractivity contribution in [3.63, 3.8) is 0 Å². The van der Waals surface area contributed by atoms with Crippen LogP contribution in [0.15, 0.2) is 0 Å². The molecule has 2 saturated heterocycles. The number of hydrogen-bond donors (Lipinski definition) is 1. The molecule has 2 fully saturated rings. The zero-order chi connectivity index (χ0) is 9.80. The molecule has 14 heavy (non-hydrogen) atoms. The molecular formula is C11H22N2O. The second kappa shape index (κ2) is 5.10. The molecule has 1 N–H and O–H groups in total. The lowest BCUT2D eigenvalue weighted by molar-refractivity contribution is 0.0614. The summed E-state index contributed by atoms with van der Waals surface area (Å²) in [4.78, 5) is 2.42. The highest BCUT2D eigenvalue weighted by atomic mass is 16.5. The second-order valence-corrected chi connectivity index (χ2v) is 4.68. The van der Waals surface area contributed by atoms with Gasteiger partial charge in [0.1, 0.15) is 0 Å². The van der Waals surface area contributed by atoms with Gasteiger partial charge in [0, 0.05) is 25.2 Å². The largest absolute Gasteiger partial charge is 0.380 e. The minimum atomic E-state index is 0.611. The van der Waals surface area contributed by atoms with Crippen molar-refractivity contribution in [2.24, 2.45) is 0 Å². The summed E-state index contributed by atoms with van der Waals surface area (Å²) in [7, 11) is 2.21. The van der Waals surface area contributed by atoms with Crippen LogP contribution in [0.3, 0.4) is 0 Å². The first-order valence-electron chi connectivity index (χ1n) is 5.87. The van der Waals surface area contributed by atoms with Crippen LogP contribution in [0.25, 0.3) is 0 Å². The summed E-state index contributed by atoms with van der Waals surface area (Å²) < 4.78 is 5.47. The molecule has 3 heteroatoms. The third kappa shape index (κ3) is 2.94. The first kappa shape index (κ1) is 10.4. The second-order valence-electron chi connectivity index (χ2n) is 4.68. The Bertz CT molecular complexity index is 169.